The van der Waals surface area contributed by atoms with Gasteiger partial charge in [-0.1, -0.05) is 5.16 Å². The van der Waals surface area contributed by atoms with Crippen LogP contribution in [0.25, 0.3) is 0 Å². The van der Waals surface area contributed by atoms with E-state index < -0.39 is 22.6 Å². The van der Waals surface area contributed by atoms with Crippen LogP contribution in [0.4, 0.5) is 10.2 Å². The van der Waals surface area contributed by atoms with Gasteiger partial charge in [0, 0.05) is 18.7 Å². The first-order chi connectivity index (χ1) is 13.9. The zero-order valence-electron chi connectivity index (χ0n) is 14.7. The molecule has 0 aliphatic carbocycles. The van der Waals surface area contributed by atoms with Gasteiger partial charge in [-0.05, 0) is 29.2 Å². The fourth-order valence-electron chi connectivity index (χ4n) is 2.22. The molecule has 2 N–H and O–H groups in total. The average Bonchev–Trinajstić information content (AvgIpc) is 3.35. The molecule has 3 rings (SSSR count). The first kappa shape index (κ1) is 19.6. The molecule has 1 aromatic carbocycles. The third kappa shape index (κ3) is 5.18. The van der Waals surface area contributed by atoms with Crippen LogP contribution in [0.2, 0.25) is 0 Å². The van der Waals surface area contributed by atoms with Crippen molar-refractivity contribution in [2.75, 3.05) is 13.1 Å². The topological polar surface area (TPSA) is 158 Å². The van der Waals surface area contributed by atoms with Crippen molar-refractivity contribution in [1.29, 1.82) is 0 Å². The van der Waals surface area contributed by atoms with Crippen molar-refractivity contribution in [3.05, 3.63) is 69.7 Å². The Balaban J connectivity index is 1.44. The quantitative estimate of drug-likeness (QED) is 0.313. The Labute approximate surface area is 161 Å². The number of hydrogen-bond acceptors (Lipinski definition) is 8. The number of hydrogen-bond donors (Lipinski definition) is 2. The van der Waals surface area contributed by atoms with E-state index in [2.05, 4.69) is 25.9 Å². The van der Waals surface area contributed by atoms with E-state index in [1.165, 1.54) is 41.2 Å². The van der Waals surface area contributed by atoms with Gasteiger partial charge in [0.2, 0.25) is 0 Å². The van der Waals surface area contributed by atoms with Crippen molar-refractivity contribution in [1.82, 2.24) is 30.6 Å². The molecule has 2 aromatic heterocycles. The van der Waals surface area contributed by atoms with Crippen molar-refractivity contribution in [3.63, 3.8) is 0 Å². The van der Waals surface area contributed by atoms with Gasteiger partial charge in [-0.3, -0.25) is 9.59 Å². The number of halogens is 1. The lowest BCUT2D eigenvalue weighted by molar-refractivity contribution is -0.389. The molecule has 12 nitrogen and oxygen atoms in total. The van der Waals surface area contributed by atoms with E-state index in [9.17, 15) is 24.1 Å². The predicted octanol–water partition coefficient (Wildman–Crippen LogP) is 0.522. The SMILES string of the molecule is O=C(NCCNC(=O)c1nc(Cn2ccc([N+](=O)[O-])n2)no1)c1ccc(F)cc1. The Morgan fingerprint density at radius 2 is 1.83 bits per heavy atom. The van der Waals surface area contributed by atoms with Crippen LogP contribution in [0.3, 0.4) is 0 Å². The van der Waals surface area contributed by atoms with E-state index in [-0.39, 0.29) is 42.7 Å². The summed E-state index contributed by atoms with van der Waals surface area (Å²) in [6.07, 6.45) is 1.37. The van der Waals surface area contributed by atoms with Gasteiger partial charge in [-0.25, -0.2) is 4.39 Å². The molecule has 2 heterocycles. The molecule has 13 heteroatoms. The van der Waals surface area contributed by atoms with E-state index >= 15 is 0 Å². The maximum atomic E-state index is 12.8. The highest BCUT2D eigenvalue weighted by Gasteiger charge is 2.17. The van der Waals surface area contributed by atoms with Gasteiger partial charge in [-0.15, -0.1) is 0 Å². The highest BCUT2D eigenvalue weighted by atomic mass is 19.1. The summed E-state index contributed by atoms with van der Waals surface area (Å²) in [5.41, 5.74) is 0.290. The molecule has 0 saturated heterocycles. The van der Waals surface area contributed by atoms with E-state index in [4.69, 9.17) is 4.52 Å². The number of amides is 2. The van der Waals surface area contributed by atoms with Crippen molar-refractivity contribution < 1.29 is 23.4 Å². The van der Waals surface area contributed by atoms with Crippen molar-refractivity contribution >= 4 is 17.6 Å². The van der Waals surface area contributed by atoms with Crippen LogP contribution in [0.5, 0.6) is 0 Å². The molecule has 0 bridgehead atoms. The zero-order valence-corrected chi connectivity index (χ0v) is 14.7. The molecule has 0 aliphatic rings. The first-order valence-electron chi connectivity index (χ1n) is 8.25. The molecule has 2 amide bonds. The number of nitrogens with one attached hydrogen (secondary N) is 2. The molecule has 3 aromatic rings. The second kappa shape index (κ2) is 8.69. The summed E-state index contributed by atoms with van der Waals surface area (Å²) in [6.45, 7) is 0.201. The van der Waals surface area contributed by atoms with E-state index in [1.54, 1.807) is 0 Å². The first-order valence-corrected chi connectivity index (χ1v) is 8.25. The fourth-order valence-corrected chi connectivity index (χ4v) is 2.22. The number of carbonyl (C=O) groups excluding carboxylic acids is 2. The summed E-state index contributed by atoms with van der Waals surface area (Å²) in [5.74, 6) is -2.02. The monoisotopic (exact) mass is 403 g/mol. The van der Waals surface area contributed by atoms with E-state index in [1.807, 2.05) is 0 Å². The highest BCUT2D eigenvalue weighted by molar-refractivity contribution is 5.94. The molecule has 150 valence electrons. The lowest BCUT2D eigenvalue weighted by atomic mass is 10.2. The van der Waals surface area contributed by atoms with Crippen molar-refractivity contribution in [3.8, 4) is 0 Å². The van der Waals surface area contributed by atoms with Gasteiger partial charge >= 0.3 is 17.6 Å². The highest BCUT2D eigenvalue weighted by Crippen LogP contribution is 2.07. The number of carbonyl (C=O) groups is 2. The molecule has 0 atom stereocenters. The maximum absolute atomic E-state index is 12.8. The van der Waals surface area contributed by atoms with Gasteiger partial charge in [0.15, 0.2) is 5.82 Å². The van der Waals surface area contributed by atoms with Crippen molar-refractivity contribution in [2.45, 2.75) is 6.54 Å². The summed E-state index contributed by atoms with van der Waals surface area (Å²) in [4.78, 5) is 37.7. The van der Waals surface area contributed by atoms with Gasteiger partial charge < -0.3 is 25.3 Å². The molecule has 0 spiro atoms. The Kier molecular flexibility index (Phi) is 5.87. The normalized spacial score (nSPS) is 10.5. The van der Waals surface area contributed by atoms with Crippen LogP contribution in [0.15, 0.2) is 41.1 Å². The lowest BCUT2D eigenvalue weighted by Gasteiger charge is -2.05. The van der Waals surface area contributed by atoms with Gasteiger partial charge in [0.05, 0.1) is 17.4 Å². The summed E-state index contributed by atoms with van der Waals surface area (Å²) < 4.78 is 18.9. The Bertz CT molecular complexity index is 1030. The van der Waals surface area contributed by atoms with Crippen LogP contribution < -0.4 is 10.6 Å². The Hall–Kier alpha value is -4.16. The second-order valence-electron chi connectivity index (χ2n) is 5.66. The third-order valence-corrected chi connectivity index (χ3v) is 3.58. The molecular weight excluding hydrogens is 389 g/mol. The number of nitro groups is 1. The summed E-state index contributed by atoms with van der Waals surface area (Å²) in [7, 11) is 0. The Morgan fingerprint density at radius 3 is 2.48 bits per heavy atom. The van der Waals surface area contributed by atoms with E-state index in [0.29, 0.717) is 0 Å². The number of aromatic nitrogens is 4. The van der Waals surface area contributed by atoms with Gasteiger partial charge in [0.1, 0.15) is 12.4 Å². The minimum absolute atomic E-state index is 0.0155. The second-order valence-corrected chi connectivity index (χ2v) is 5.66. The van der Waals surface area contributed by atoms with Crippen LogP contribution in [0, 0.1) is 15.9 Å². The maximum Gasteiger partial charge on any atom is 0.389 e. The predicted molar refractivity (Wildman–Crippen MR) is 93.3 cm³/mol. The molecular formula is C16H14FN7O5. The zero-order chi connectivity index (χ0) is 20.8. The molecule has 0 fully saturated rings. The standard InChI is InChI=1S/C16H14FN7O5/c17-11-3-1-10(2-4-11)14(25)18-6-7-19-15(26)16-20-12(22-29-16)9-23-8-5-13(21-23)24(27)28/h1-5,8H,6-7,9H2,(H,18,25)(H,19,26). The summed E-state index contributed by atoms with van der Waals surface area (Å²) in [5, 5.41) is 23.0. The Morgan fingerprint density at radius 1 is 1.14 bits per heavy atom. The van der Waals surface area contributed by atoms with Crippen LogP contribution in [-0.4, -0.2) is 49.7 Å². The fraction of sp³-hybridized carbons (Fsp3) is 0.188. The molecule has 0 aliphatic heterocycles. The smallest absolute Gasteiger partial charge is 0.358 e. The van der Waals surface area contributed by atoms with Crippen molar-refractivity contribution in [2.24, 2.45) is 0 Å². The number of nitrogens with zero attached hydrogens (tertiary/aromatic N) is 5. The van der Waals surface area contributed by atoms with Crippen LogP contribution >= 0.6 is 0 Å². The average molecular weight is 403 g/mol. The molecule has 0 saturated carbocycles. The van der Waals surface area contributed by atoms with Crippen LogP contribution in [-0.2, 0) is 6.54 Å². The summed E-state index contributed by atoms with van der Waals surface area (Å²) in [6, 6.07) is 6.25. The minimum atomic E-state index is -0.647. The van der Waals surface area contributed by atoms with Gasteiger partial charge in [-0.2, -0.15) is 9.67 Å². The lowest BCUT2D eigenvalue weighted by Crippen LogP contribution is -2.34. The summed E-state index contributed by atoms with van der Waals surface area (Å²) >= 11 is 0. The van der Waals surface area contributed by atoms with Gasteiger partial charge in [0.25, 0.3) is 5.91 Å². The molecule has 0 radical (unpaired) electrons. The molecule has 0 unspecified atom stereocenters. The largest absolute Gasteiger partial charge is 0.389 e. The number of benzene rings is 1. The minimum Gasteiger partial charge on any atom is -0.358 e. The number of rotatable bonds is 8. The van der Waals surface area contributed by atoms with E-state index in [0.717, 1.165) is 0 Å². The van der Waals surface area contributed by atoms with Crippen LogP contribution in [0.1, 0.15) is 26.9 Å². The third-order valence-electron chi connectivity index (χ3n) is 3.58. The molecule has 29 heavy (non-hydrogen) atoms.